The van der Waals surface area contributed by atoms with E-state index < -0.39 is 0 Å². The van der Waals surface area contributed by atoms with E-state index in [1.54, 1.807) is 17.1 Å². The monoisotopic (exact) mass is 369 g/mol. The fourth-order valence-electron chi connectivity index (χ4n) is 3.74. The number of amides is 2. The van der Waals surface area contributed by atoms with Gasteiger partial charge in [0.15, 0.2) is 0 Å². The average Bonchev–Trinajstić information content (AvgIpc) is 3.24. The fourth-order valence-corrected chi connectivity index (χ4v) is 3.74. The summed E-state index contributed by atoms with van der Waals surface area (Å²) in [5.41, 5.74) is 6.26. The van der Waals surface area contributed by atoms with Gasteiger partial charge in [0.1, 0.15) is 6.54 Å². The van der Waals surface area contributed by atoms with Gasteiger partial charge in [-0.15, -0.1) is 12.4 Å². The molecule has 1 saturated heterocycles. The predicted molar refractivity (Wildman–Crippen MR) is 97.6 cm³/mol. The van der Waals surface area contributed by atoms with E-state index in [4.69, 9.17) is 5.73 Å². The summed E-state index contributed by atoms with van der Waals surface area (Å²) in [4.78, 5) is 26.5. The quantitative estimate of drug-likeness (QED) is 0.818. The first kappa shape index (κ1) is 19.7. The van der Waals surface area contributed by atoms with Gasteiger partial charge in [-0.05, 0) is 25.7 Å². The molecule has 0 aromatic carbocycles. The second-order valence-corrected chi connectivity index (χ2v) is 6.86. The lowest BCUT2D eigenvalue weighted by Crippen LogP contribution is -2.39. The molecule has 1 aliphatic carbocycles. The Balaban J connectivity index is 0.00000225. The molecule has 2 aliphatic rings. The summed E-state index contributed by atoms with van der Waals surface area (Å²) in [5, 5.41) is 7.24. The number of likely N-dealkylation sites (tertiary alicyclic amines) is 1. The van der Waals surface area contributed by atoms with Crippen molar-refractivity contribution in [2.45, 2.75) is 63.6 Å². The highest BCUT2D eigenvalue weighted by atomic mass is 35.5. The number of hydrogen-bond acceptors (Lipinski definition) is 4. The highest BCUT2D eigenvalue weighted by Crippen LogP contribution is 2.19. The average molecular weight is 370 g/mol. The highest BCUT2D eigenvalue weighted by Gasteiger charge is 2.29. The van der Waals surface area contributed by atoms with Gasteiger partial charge >= 0.3 is 0 Å². The Morgan fingerprint density at radius 2 is 1.96 bits per heavy atom. The molecule has 0 bridgehead atoms. The molecule has 2 heterocycles. The lowest BCUT2D eigenvalue weighted by molar-refractivity contribution is -0.122. The Labute approximate surface area is 154 Å². The van der Waals surface area contributed by atoms with Crippen LogP contribution < -0.4 is 11.1 Å². The minimum absolute atomic E-state index is 0. The van der Waals surface area contributed by atoms with Crippen LogP contribution in [0.25, 0.3) is 0 Å². The molecule has 2 amide bonds. The van der Waals surface area contributed by atoms with Crippen LogP contribution in [0, 0.1) is 0 Å². The van der Waals surface area contributed by atoms with Gasteiger partial charge in [-0.1, -0.05) is 19.3 Å². The number of nitrogens with two attached hydrogens (primary N) is 1. The van der Waals surface area contributed by atoms with Gasteiger partial charge in [0.25, 0.3) is 5.91 Å². The summed E-state index contributed by atoms with van der Waals surface area (Å²) in [5.74, 6) is -0.0769. The second kappa shape index (κ2) is 9.20. The third-order valence-electron chi connectivity index (χ3n) is 5.07. The van der Waals surface area contributed by atoms with Gasteiger partial charge in [-0.2, -0.15) is 5.10 Å². The summed E-state index contributed by atoms with van der Waals surface area (Å²) in [6.45, 7) is 1.39. The molecule has 1 unspecified atom stereocenters. The minimum Gasteiger partial charge on any atom is -0.352 e. The lowest BCUT2D eigenvalue weighted by Gasteiger charge is -2.23. The second-order valence-electron chi connectivity index (χ2n) is 6.86. The van der Waals surface area contributed by atoms with Gasteiger partial charge in [0, 0.05) is 31.4 Å². The van der Waals surface area contributed by atoms with Crippen LogP contribution in [-0.2, 0) is 11.3 Å². The van der Waals surface area contributed by atoms with E-state index in [2.05, 4.69) is 10.4 Å². The lowest BCUT2D eigenvalue weighted by atomic mass is 9.95. The number of rotatable bonds is 5. The molecule has 3 N–H and O–H groups in total. The van der Waals surface area contributed by atoms with Crippen molar-refractivity contribution in [2.75, 3.05) is 13.1 Å². The molecule has 25 heavy (non-hydrogen) atoms. The standard InChI is InChI=1S/C17H27N5O2.ClH/c18-9-15-7-4-8-22(15)17(24)13-10-19-21(11-13)12-16(23)20-14-5-2-1-3-6-14;/h10-11,14-15H,1-9,12,18H2,(H,20,23);1H. The first-order chi connectivity index (χ1) is 11.7. The first-order valence-corrected chi connectivity index (χ1v) is 9.00. The van der Waals surface area contributed by atoms with Crippen molar-refractivity contribution in [3.8, 4) is 0 Å². The SMILES string of the molecule is Cl.NCC1CCCN1C(=O)c1cnn(CC(=O)NC2CCCCC2)c1. The topological polar surface area (TPSA) is 93.2 Å². The molecular weight excluding hydrogens is 342 g/mol. The zero-order chi connectivity index (χ0) is 16.9. The normalized spacial score (nSPS) is 21.0. The third-order valence-corrected chi connectivity index (χ3v) is 5.07. The molecule has 140 valence electrons. The van der Waals surface area contributed by atoms with Crippen molar-refractivity contribution in [1.82, 2.24) is 20.0 Å². The molecule has 3 rings (SSSR count). The maximum Gasteiger partial charge on any atom is 0.257 e. The first-order valence-electron chi connectivity index (χ1n) is 9.00. The van der Waals surface area contributed by atoms with Crippen molar-refractivity contribution >= 4 is 24.2 Å². The van der Waals surface area contributed by atoms with Gasteiger partial charge in [0.05, 0.1) is 11.8 Å². The smallest absolute Gasteiger partial charge is 0.257 e. The molecular formula is C17H28ClN5O2. The predicted octanol–water partition coefficient (Wildman–Crippen LogP) is 1.32. The Morgan fingerprint density at radius 3 is 2.68 bits per heavy atom. The number of halogens is 1. The number of aromatic nitrogens is 2. The molecule has 0 spiro atoms. The summed E-state index contributed by atoms with van der Waals surface area (Å²) >= 11 is 0. The largest absolute Gasteiger partial charge is 0.352 e. The van der Waals surface area contributed by atoms with E-state index in [1.807, 2.05) is 4.90 Å². The number of nitrogens with one attached hydrogen (secondary N) is 1. The zero-order valence-electron chi connectivity index (χ0n) is 14.5. The number of hydrogen-bond donors (Lipinski definition) is 2. The molecule has 1 saturated carbocycles. The summed E-state index contributed by atoms with van der Waals surface area (Å²) in [6, 6.07) is 0.410. The van der Waals surface area contributed by atoms with Crippen LogP contribution in [0.2, 0.25) is 0 Å². The van der Waals surface area contributed by atoms with Crippen LogP contribution in [0.3, 0.4) is 0 Å². The van der Waals surface area contributed by atoms with Crippen LogP contribution in [0.5, 0.6) is 0 Å². The van der Waals surface area contributed by atoms with E-state index in [0.717, 1.165) is 32.2 Å². The summed E-state index contributed by atoms with van der Waals surface area (Å²) in [6.07, 6.45) is 10.9. The number of nitrogens with zero attached hydrogens (tertiary/aromatic N) is 3. The third kappa shape index (κ3) is 4.95. The summed E-state index contributed by atoms with van der Waals surface area (Å²) in [7, 11) is 0. The van der Waals surface area contributed by atoms with Gasteiger partial charge < -0.3 is 16.0 Å². The maximum absolute atomic E-state index is 12.5. The minimum atomic E-state index is -0.0399. The molecule has 1 aliphatic heterocycles. The van der Waals surface area contributed by atoms with E-state index in [-0.39, 0.29) is 42.8 Å². The van der Waals surface area contributed by atoms with Crippen LogP contribution in [-0.4, -0.2) is 51.7 Å². The molecule has 2 fully saturated rings. The highest BCUT2D eigenvalue weighted by molar-refractivity contribution is 5.94. The Morgan fingerprint density at radius 1 is 1.20 bits per heavy atom. The van der Waals surface area contributed by atoms with Crippen LogP contribution in [0.1, 0.15) is 55.3 Å². The molecule has 1 aromatic heterocycles. The van der Waals surface area contributed by atoms with Crippen molar-refractivity contribution in [2.24, 2.45) is 5.73 Å². The van der Waals surface area contributed by atoms with Gasteiger partial charge in [-0.25, -0.2) is 0 Å². The number of carbonyl (C=O) groups excluding carboxylic acids is 2. The van der Waals surface area contributed by atoms with E-state index in [0.29, 0.717) is 12.1 Å². The molecule has 8 heteroatoms. The maximum atomic E-state index is 12.5. The van der Waals surface area contributed by atoms with Gasteiger partial charge in [-0.3, -0.25) is 14.3 Å². The molecule has 0 radical (unpaired) electrons. The van der Waals surface area contributed by atoms with E-state index >= 15 is 0 Å². The summed E-state index contributed by atoms with van der Waals surface area (Å²) < 4.78 is 1.54. The Kier molecular flexibility index (Phi) is 7.25. The van der Waals surface area contributed by atoms with Crippen molar-refractivity contribution in [3.05, 3.63) is 18.0 Å². The van der Waals surface area contributed by atoms with Gasteiger partial charge in [0.2, 0.25) is 5.91 Å². The van der Waals surface area contributed by atoms with Crippen molar-refractivity contribution in [1.29, 1.82) is 0 Å². The van der Waals surface area contributed by atoms with Crippen molar-refractivity contribution in [3.63, 3.8) is 0 Å². The van der Waals surface area contributed by atoms with Crippen LogP contribution >= 0.6 is 12.4 Å². The van der Waals surface area contributed by atoms with Crippen molar-refractivity contribution < 1.29 is 9.59 Å². The van der Waals surface area contributed by atoms with Crippen LogP contribution in [0.4, 0.5) is 0 Å². The van der Waals surface area contributed by atoms with E-state index in [9.17, 15) is 9.59 Å². The number of carbonyl (C=O) groups is 2. The molecule has 1 atom stereocenters. The zero-order valence-corrected chi connectivity index (χ0v) is 15.3. The fraction of sp³-hybridized carbons (Fsp3) is 0.706. The molecule has 7 nitrogen and oxygen atoms in total. The molecule has 1 aromatic rings. The van der Waals surface area contributed by atoms with E-state index in [1.165, 1.54) is 19.3 Å². The van der Waals surface area contributed by atoms with Crippen LogP contribution in [0.15, 0.2) is 12.4 Å². The Hall–Kier alpha value is -1.60. The Bertz CT molecular complexity index is 585.